The van der Waals surface area contributed by atoms with Gasteiger partial charge in [0.15, 0.2) is 5.00 Å². The second kappa shape index (κ2) is 8.54. The number of nitrogens with one attached hydrogen (secondary N) is 1. The summed E-state index contributed by atoms with van der Waals surface area (Å²) >= 11 is 1.13. The van der Waals surface area contributed by atoms with Crippen LogP contribution >= 0.6 is 11.5 Å². The van der Waals surface area contributed by atoms with Gasteiger partial charge in [0.05, 0.1) is 11.4 Å². The van der Waals surface area contributed by atoms with Gasteiger partial charge in [-0.15, -0.1) is 10.2 Å². The van der Waals surface area contributed by atoms with E-state index in [1.165, 1.54) is 0 Å². The van der Waals surface area contributed by atoms with Crippen LogP contribution in [0.25, 0.3) is 0 Å². The zero-order valence-electron chi connectivity index (χ0n) is 15.6. The Bertz CT molecular complexity index is 865. The van der Waals surface area contributed by atoms with E-state index in [1.807, 2.05) is 33.0 Å². The molecule has 0 unspecified atom stereocenters. The van der Waals surface area contributed by atoms with E-state index in [1.54, 1.807) is 13.0 Å². The molecule has 0 saturated carbocycles. The number of hydrogen-bond donors (Lipinski definition) is 1. The van der Waals surface area contributed by atoms with Crippen molar-refractivity contribution in [2.75, 3.05) is 23.8 Å². The largest absolute Gasteiger partial charge is 0.375 e. The van der Waals surface area contributed by atoms with Crippen LogP contribution in [0, 0.1) is 24.2 Å². The van der Waals surface area contributed by atoms with E-state index < -0.39 is 0 Å². The second-order valence-electron chi connectivity index (χ2n) is 6.12. The van der Waals surface area contributed by atoms with Gasteiger partial charge in [-0.05, 0) is 43.6 Å². The molecule has 26 heavy (non-hydrogen) atoms. The zero-order valence-corrected chi connectivity index (χ0v) is 16.4. The lowest BCUT2D eigenvalue weighted by molar-refractivity contribution is -0.118. The summed E-state index contributed by atoms with van der Waals surface area (Å²) in [4.78, 5) is 14.2. The van der Waals surface area contributed by atoms with Crippen molar-refractivity contribution in [1.82, 2.24) is 4.37 Å². The van der Waals surface area contributed by atoms with E-state index in [9.17, 15) is 10.1 Å². The van der Waals surface area contributed by atoms with Crippen LogP contribution < -0.4 is 10.2 Å². The molecule has 1 amide bonds. The van der Waals surface area contributed by atoms with E-state index >= 15 is 0 Å². The minimum Gasteiger partial charge on any atom is -0.375 e. The number of anilines is 2. The van der Waals surface area contributed by atoms with Crippen LogP contribution in [-0.2, 0) is 4.79 Å². The highest BCUT2D eigenvalue weighted by Crippen LogP contribution is 2.33. The highest BCUT2D eigenvalue weighted by molar-refractivity contribution is 7.10. The molecular weight excluding hydrogens is 348 g/mol. The Hall–Kier alpha value is -2.79. The molecule has 0 bridgehead atoms. The van der Waals surface area contributed by atoms with Crippen molar-refractivity contribution in [2.24, 2.45) is 16.1 Å². The van der Waals surface area contributed by atoms with Gasteiger partial charge < -0.3 is 10.2 Å². The third kappa shape index (κ3) is 4.43. The monoisotopic (exact) mass is 370 g/mol. The number of carbonyl (C=O) groups excluding carboxylic acids is 1. The van der Waals surface area contributed by atoms with Gasteiger partial charge in [-0.25, -0.2) is 0 Å². The number of carbonyl (C=O) groups is 1. The summed E-state index contributed by atoms with van der Waals surface area (Å²) in [6.45, 7) is 8.31. The third-order valence-electron chi connectivity index (χ3n) is 3.88. The van der Waals surface area contributed by atoms with Crippen molar-refractivity contribution < 1.29 is 4.79 Å². The predicted octanol–water partition coefficient (Wildman–Crippen LogP) is 4.79. The lowest BCUT2D eigenvalue weighted by Gasteiger charge is -2.19. The fraction of sp³-hybridized carbons (Fsp3) is 0.389. The quantitative estimate of drug-likeness (QED) is 0.740. The Morgan fingerprint density at radius 3 is 2.77 bits per heavy atom. The van der Waals surface area contributed by atoms with Gasteiger partial charge in [0.1, 0.15) is 17.3 Å². The van der Waals surface area contributed by atoms with Gasteiger partial charge in [-0.2, -0.15) is 9.64 Å². The van der Waals surface area contributed by atoms with Gasteiger partial charge in [-0.3, -0.25) is 4.79 Å². The molecule has 0 aliphatic rings. The molecule has 8 heteroatoms. The lowest BCUT2D eigenvalue weighted by atomic mass is 10.2. The van der Waals surface area contributed by atoms with E-state index in [2.05, 4.69) is 37.8 Å². The van der Waals surface area contributed by atoms with Gasteiger partial charge in [0.25, 0.3) is 0 Å². The summed E-state index contributed by atoms with van der Waals surface area (Å²) in [5.41, 5.74) is 3.15. The van der Waals surface area contributed by atoms with Crippen molar-refractivity contribution in [3.05, 3.63) is 29.5 Å². The Labute approximate surface area is 157 Å². The van der Waals surface area contributed by atoms with Crippen LogP contribution in [0.1, 0.15) is 32.0 Å². The highest BCUT2D eigenvalue weighted by Gasteiger charge is 2.13. The normalized spacial score (nSPS) is 11.0. The van der Waals surface area contributed by atoms with Crippen molar-refractivity contribution in [3.63, 3.8) is 0 Å². The average Bonchev–Trinajstić information content (AvgIpc) is 2.99. The number of nitrogens with zero attached hydrogens (tertiary/aromatic N) is 5. The van der Waals surface area contributed by atoms with Crippen LogP contribution in [0.5, 0.6) is 0 Å². The molecule has 2 rings (SSSR count). The zero-order chi connectivity index (χ0) is 19.3. The summed E-state index contributed by atoms with van der Waals surface area (Å²) in [6.07, 6.45) is 0. The molecule has 0 spiro atoms. The summed E-state index contributed by atoms with van der Waals surface area (Å²) < 4.78 is 4.13. The number of aryl methyl sites for hydroxylation is 1. The molecule has 0 saturated heterocycles. The van der Waals surface area contributed by atoms with E-state index in [-0.39, 0.29) is 11.8 Å². The number of nitriles is 1. The summed E-state index contributed by atoms with van der Waals surface area (Å²) in [7, 11) is 1.98. The van der Waals surface area contributed by atoms with Crippen LogP contribution in [0.3, 0.4) is 0 Å². The number of rotatable bonds is 6. The molecule has 0 atom stereocenters. The number of aromatic nitrogens is 1. The van der Waals surface area contributed by atoms with Gasteiger partial charge in [0.2, 0.25) is 5.91 Å². The lowest BCUT2D eigenvalue weighted by Crippen LogP contribution is -2.19. The molecule has 136 valence electrons. The number of amides is 1. The molecule has 0 fully saturated rings. The topological polar surface area (TPSA) is 93.7 Å². The molecular formula is C18H22N6OS. The maximum Gasteiger partial charge on any atom is 0.226 e. The first-order chi connectivity index (χ1) is 12.4. The third-order valence-corrected chi connectivity index (χ3v) is 4.71. The van der Waals surface area contributed by atoms with Crippen molar-refractivity contribution in [3.8, 4) is 6.07 Å². The molecule has 0 aliphatic heterocycles. The Morgan fingerprint density at radius 1 is 1.42 bits per heavy atom. The first kappa shape index (κ1) is 19.5. The van der Waals surface area contributed by atoms with Gasteiger partial charge >= 0.3 is 0 Å². The average molecular weight is 370 g/mol. The molecule has 0 radical (unpaired) electrons. The second-order valence-corrected chi connectivity index (χ2v) is 6.87. The molecule has 1 N–H and O–H groups in total. The maximum atomic E-state index is 12.1. The summed E-state index contributed by atoms with van der Waals surface area (Å²) in [5, 5.41) is 21.0. The van der Waals surface area contributed by atoms with Crippen molar-refractivity contribution in [2.45, 2.75) is 27.7 Å². The first-order valence-electron chi connectivity index (χ1n) is 8.31. The highest BCUT2D eigenvalue weighted by atomic mass is 32.1. The first-order valence-corrected chi connectivity index (χ1v) is 9.08. The number of hydrogen-bond acceptors (Lipinski definition) is 7. The van der Waals surface area contributed by atoms with Crippen LogP contribution in [0.15, 0.2) is 28.4 Å². The minimum atomic E-state index is -0.151. The molecule has 1 aromatic carbocycles. The molecule has 1 aromatic heterocycles. The van der Waals surface area contributed by atoms with Gasteiger partial charge in [-0.1, -0.05) is 13.8 Å². The number of benzene rings is 1. The van der Waals surface area contributed by atoms with E-state index in [0.717, 1.165) is 23.8 Å². The minimum absolute atomic E-state index is 0.0934. The van der Waals surface area contributed by atoms with E-state index in [4.69, 9.17) is 0 Å². The summed E-state index contributed by atoms with van der Waals surface area (Å²) in [6, 6.07) is 7.70. The Kier molecular flexibility index (Phi) is 6.41. The predicted molar refractivity (Wildman–Crippen MR) is 105 cm³/mol. The standard InChI is InChI=1S/C18H22N6OS/c1-6-24(5)13-7-8-15(16(9-13)20-17(25)11(2)3)21-22-18-14(10-19)12(4)23-26-18/h7-9,11H,6H2,1-5H3,(H,20,25). The summed E-state index contributed by atoms with van der Waals surface area (Å²) in [5.74, 6) is -0.245. The van der Waals surface area contributed by atoms with Crippen LogP contribution in [0.4, 0.5) is 22.1 Å². The molecule has 1 heterocycles. The molecule has 7 nitrogen and oxygen atoms in total. The Morgan fingerprint density at radius 2 is 2.15 bits per heavy atom. The maximum absolute atomic E-state index is 12.1. The van der Waals surface area contributed by atoms with Crippen LogP contribution in [-0.4, -0.2) is 23.9 Å². The fourth-order valence-corrected chi connectivity index (χ4v) is 2.74. The fourth-order valence-electron chi connectivity index (χ4n) is 2.06. The number of azo groups is 1. The molecule has 0 aliphatic carbocycles. The molecule has 2 aromatic rings. The van der Waals surface area contributed by atoms with Crippen LogP contribution in [0.2, 0.25) is 0 Å². The van der Waals surface area contributed by atoms with Crippen molar-refractivity contribution in [1.29, 1.82) is 5.26 Å². The van der Waals surface area contributed by atoms with Crippen molar-refractivity contribution >= 4 is 39.5 Å². The smallest absolute Gasteiger partial charge is 0.226 e. The Balaban J connectivity index is 2.41. The van der Waals surface area contributed by atoms with Gasteiger partial charge in [0, 0.05) is 25.2 Å². The SMILES string of the molecule is CCN(C)c1ccc(N=Nc2snc(C)c2C#N)c(NC(=O)C(C)C)c1. The van der Waals surface area contributed by atoms with E-state index in [0.29, 0.717) is 27.6 Å².